The number of hydrogen-bond donors (Lipinski definition) is 0. The summed E-state index contributed by atoms with van der Waals surface area (Å²) in [6.07, 6.45) is 0.621. The summed E-state index contributed by atoms with van der Waals surface area (Å²) in [7, 11) is -4.13. The van der Waals surface area contributed by atoms with Crippen LogP contribution in [0.4, 0.5) is 4.39 Å². The number of Topliss-reactive ketones (excluding diaryl/α,β-unsaturated/α-hetero) is 1. The van der Waals surface area contributed by atoms with Crippen molar-refractivity contribution in [3.63, 3.8) is 0 Å². The van der Waals surface area contributed by atoms with Crippen molar-refractivity contribution >= 4 is 26.7 Å². The third kappa shape index (κ3) is 3.71. The Labute approximate surface area is 178 Å². The first-order valence-corrected chi connectivity index (χ1v) is 10.7. The lowest BCUT2D eigenvalue weighted by molar-refractivity contribution is 0.0992. The van der Waals surface area contributed by atoms with Crippen molar-refractivity contribution in [2.75, 3.05) is 0 Å². The van der Waals surface area contributed by atoms with Gasteiger partial charge in [-0.1, -0.05) is 29.8 Å². The lowest BCUT2D eigenvalue weighted by Crippen LogP contribution is -2.18. The molecule has 4 rings (SSSR count). The summed E-state index contributed by atoms with van der Waals surface area (Å²) in [6, 6.07) is 17.2. The maximum absolute atomic E-state index is 13.5. The van der Waals surface area contributed by atoms with E-state index in [0.29, 0.717) is 16.6 Å². The van der Waals surface area contributed by atoms with E-state index in [1.165, 1.54) is 30.3 Å². The number of fused-ring (bicyclic) bond motifs is 1. The molecular formula is C23H16FN3O3S. The molecule has 0 saturated carbocycles. The highest BCUT2D eigenvalue weighted by Crippen LogP contribution is 2.30. The van der Waals surface area contributed by atoms with Crippen LogP contribution in [-0.2, 0) is 10.0 Å². The molecule has 4 aromatic rings. The fraction of sp³-hybridized carbons (Fsp3) is 0.0870. The number of nitriles is 1. The van der Waals surface area contributed by atoms with Crippen LogP contribution < -0.4 is 0 Å². The molecule has 0 aliphatic heterocycles. The predicted octanol–water partition coefficient (Wildman–Crippen LogP) is 4.48. The van der Waals surface area contributed by atoms with Gasteiger partial charge in [0.15, 0.2) is 5.78 Å². The molecule has 8 heteroatoms. The molecule has 31 heavy (non-hydrogen) atoms. The van der Waals surface area contributed by atoms with Gasteiger partial charge in [-0.2, -0.15) is 5.26 Å². The first-order chi connectivity index (χ1) is 14.8. The van der Waals surface area contributed by atoms with Gasteiger partial charge in [-0.25, -0.2) is 16.8 Å². The van der Waals surface area contributed by atoms with Crippen LogP contribution >= 0.6 is 0 Å². The second kappa shape index (κ2) is 7.78. The molecule has 0 radical (unpaired) electrons. The van der Waals surface area contributed by atoms with Crippen LogP contribution in [0.2, 0.25) is 0 Å². The van der Waals surface area contributed by atoms with Gasteiger partial charge in [0.2, 0.25) is 0 Å². The van der Waals surface area contributed by atoms with Crippen LogP contribution in [0.25, 0.3) is 22.2 Å². The fourth-order valence-corrected chi connectivity index (χ4v) is 4.84. The molecule has 2 aromatic heterocycles. The number of carbonyl (C=O) groups is 1. The Morgan fingerprint density at radius 3 is 2.48 bits per heavy atom. The van der Waals surface area contributed by atoms with Crippen LogP contribution in [0, 0.1) is 24.1 Å². The summed E-state index contributed by atoms with van der Waals surface area (Å²) >= 11 is 0. The summed E-state index contributed by atoms with van der Waals surface area (Å²) in [5.74, 6) is -1.09. The first-order valence-electron chi connectivity index (χ1n) is 9.31. The van der Waals surface area contributed by atoms with E-state index in [9.17, 15) is 17.6 Å². The zero-order chi connectivity index (χ0) is 22.2. The third-order valence-corrected chi connectivity index (χ3v) is 6.61. The van der Waals surface area contributed by atoms with E-state index < -0.39 is 28.0 Å². The van der Waals surface area contributed by atoms with Gasteiger partial charge in [0.05, 0.1) is 28.4 Å². The topological polar surface area (TPSA) is 92.8 Å². The van der Waals surface area contributed by atoms with Crippen LogP contribution in [0.15, 0.2) is 71.8 Å². The van der Waals surface area contributed by atoms with Gasteiger partial charge < -0.3 is 0 Å². The van der Waals surface area contributed by atoms with Gasteiger partial charge in [0.1, 0.15) is 17.9 Å². The Kier molecular flexibility index (Phi) is 5.13. The highest BCUT2D eigenvalue weighted by molar-refractivity contribution is 7.90. The molecule has 0 unspecified atom stereocenters. The number of carbonyl (C=O) groups excluding carboxylic acids is 1. The minimum Gasteiger partial charge on any atom is -0.291 e. The van der Waals surface area contributed by atoms with Gasteiger partial charge in [-0.3, -0.25) is 9.78 Å². The van der Waals surface area contributed by atoms with Crippen molar-refractivity contribution in [2.45, 2.75) is 18.2 Å². The number of ketones is 1. The van der Waals surface area contributed by atoms with Gasteiger partial charge >= 0.3 is 0 Å². The third-order valence-electron chi connectivity index (χ3n) is 4.87. The maximum atomic E-state index is 13.5. The average Bonchev–Trinajstić information content (AvgIpc) is 3.14. The molecule has 0 fully saturated rings. The number of aryl methyl sites for hydroxylation is 1. The molecule has 0 N–H and O–H groups in total. The molecule has 0 atom stereocenters. The maximum Gasteiger partial charge on any atom is 0.268 e. The molecule has 0 saturated heterocycles. The Morgan fingerprint density at radius 1 is 1.10 bits per heavy atom. The quantitative estimate of drug-likeness (QED) is 0.433. The summed E-state index contributed by atoms with van der Waals surface area (Å²) in [6.45, 7) is 1.84. The zero-order valence-corrected chi connectivity index (χ0v) is 17.2. The minimum atomic E-state index is -4.13. The number of nitrogens with zero attached hydrogens (tertiary/aromatic N) is 3. The highest BCUT2D eigenvalue weighted by Gasteiger charge is 2.26. The molecule has 2 aromatic carbocycles. The average molecular weight is 433 g/mol. The smallest absolute Gasteiger partial charge is 0.268 e. The van der Waals surface area contributed by atoms with Gasteiger partial charge in [0, 0.05) is 10.9 Å². The Hall–Kier alpha value is -3.83. The van der Waals surface area contributed by atoms with E-state index in [1.54, 1.807) is 36.4 Å². The predicted molar refractivity (Wildman–Crippen MR) is 113 cm³/mol. The van der Waals surface area contributed by atoms with E-state index in [-0.39, 0.29) is 16.1 Å². The normalized spacial score (nSPS) is 11.4. The molecular weight excluding hydrogens is 417 g/mol. The van der Waals surface area contributed by atoms with Gasteiger partial charge in [-0.15, -0.1) is 0 Å². The zero-order valence-electron chi connectivity index (χ0n) is 16.4. The number of aromatic nitrogens is 2. The highest BCUT2D eigenvalue weighted by atomic mass is 32.2. The standard InChI is InChI=1S/C23H16FN3O3S/c1-15-2-7-19(8-3-15)31(29,30)27-21-12-16(20-9-6-18(24)14-26-20)4-5-17(21)13-22(27)23(28)10-11-25/h2-9,12-14H,10H2,1H3. The summed E-state index contributed by atoms with van der Waals surface area (Å²) in [5, 5.41) is 9.48. The second-order valence-corrected chi connectivity index (χ2v) is 8.79. The number of rotatable bonds is 5. The van der Waals surface area contributed by atoms with Crippen molar-refractivity contribution in [2.24, 2.45) is 0 Å². The summed E-state index contributed by atoms with van der Waals surface area (Å²) in [4.78, 5) is 16.7. The van der Waals surface area contributed by atoms with Crippen molar-refractivity contribution in [1.29, 1.82) is 5.26 Å². The number of benzene rings is 2. The second-order valence-electron chi connectivity index (χ2n) is 7.01. The van der Waals surface area contributed by atoms with Crippen LogP contribution in [-0.4, -0.2) is 23.2 Å². The van der Waals surface area contributed by atoms with Crippen LogP contribution in [0.3, 0.4) is 0 Å². The molecule has 2 heterocycles. The molecule has 154 valence electrons. The van der Waals surface area contributed by atoms with E-state index in [1.807, 2.05) is 6.92 Å². The number of halogens is 1. The van der Waals surface area contributed by atoms with Crippen LogP contribution in [0.5, 0.6) is 0 Å². The summed E-state index contributed by atoms with van der Waals surface area (Å²) < 4.78 is 41.2. The van der Waals surface area contributed by atoms with Crippen molar-refractivity contribution in [1.82, 2.24) is 8.96 Å². The van der Waals surface area contributed by atoms with E-state index >= 15 is 0 Å². The van der Waals surface area contributed by atoms with E-state index in [2.05, 4.69) is 4.98 Å². The molecule has 0 bridgehead atoms. The van der Waals surface area contributed by atoms with E-state index in [0.717, 1.165) is 15.7 Å². The fourth-order valence-electron chi connectivity index (χ4n) is 3.31. The Morgan fingerprint density at radius 2 is 1.84 bits per heavy atom. The molecule has 0 aliphatic rings. The van der Waals surface area contributed by atoms with Crippen molar-refractivity contribution in [3.05, 3.63) is 83.9 Å². The minimum absolute atomic E-state index is 0.0203. The van der Waals surface area contributed by atoms with Gasteiger partial charge in [-0.05, 0) is 43.3 Å². The summed E-state index contributed by atoms with van der Waals surface area (Å²) in [5.41, 5.74) is 2.08. The molecule has 0 aliphatic carbocycles. The largest absolute Gasteiger partial charge is 0.291 e. The van der Waals surface area contributed by atoms with Crippen LogP contribution in [0.1, 0.15) is 22.5 Å². The van der Waals surface area contributed by atoms with Crippen molar-refractivity contribution in [3.8, 4) is 17.3 Å². The SMILES string of the molecule is Cc1ccc(S(=O)(=O)n2c(C(=O)CC#N)cc3ccc(-c4ccc(F)cn4)cc32)cc1. The number of hydrogen-bond acceptors (Lipinski definition) is 5. The molecule has 0 spiro atoms. The monoisotopic (exact) mass is 433 g/mol. The molecule has 0 amide bonds. The Bertz CT molecular complexity index is 1450. The van der Waals surface area contributed by atoms with Crippen molar-refractivity contribution < 1.29 is 17.6 Å². The molecule has 6 nitrogen and oxygen atoms in total. The van der Waals surface area contributed by atoms with Gasteiger partial charge in [0.25, 0.3) is 10.0 Å². The first kappa shape index (κ1) is 20.4. The lowest BCUT2D eigenvalue weighted by atomic mass is 10.1. The Balaban J connectivity index is 1.99. The van der Waals surface area contributed by atoms with E-state index in [4.69, 9.17) is 5.26 Å². The lowest BCUT2D eigenvalue weighted by Gasteiger charge is -2.12. The number of pyridine rings is 1.